The zero-order valence-corrected chi connectivity index (χ0v) is 15.5. The van der Waals surface area contributed by atoms with Crippen LogP contribution in [-0.4, -0.2) is 32.7 Å². The predicted molar refractivity (Wildman–Crippen MR) is 98.7 cm³/mol. The van der Waals surface area contributed by atoms with Crippen LogP contribution in [0.4, 0.5) is 5.69 Å². The first-order chi connectivity index (χ1) is 11.5. The second kappa shape index (κ2) is 8.80. The molecule has 5 nitrogen and oxygen atoms in total. The average Bonchev–Trinajstić information content (AvgIpc) is 3.08. The van der Waals surface area contributed by atoms with E-state index in [-0.39, 0.29) is 5.91 Å². The van der Waals surface area contributed by atoms with Crippen LogP contribution in [0.2, 0.25) is 5.02 Å². The predicted octanol–water partition coefficient (Wildman–Crippen LogP) is 3.58. The van der Waals surface area contributed by atoms with Gasteiger partial charge in [0, 0.05) is 17.5 Å². The summed E-state index contributed by atoms with van der Waals surface area (Å²) in [5.41, 5.74) is 0.643. The van der Waals surface area contributed by atoms with Crippen LogP contribution in [-0.2, 0) is 11.2 Å². The number of anilines is 1. The largest absolute Gasteiger partial charge is 0.495 e. The Hall–Kier alpha value is -1.92. The van der Waals surface area contributed by atoms with Crippen LogP contribution in [0.15, 0.2) is 29.6 Å². The average molecular weight is 369 g/mol. The molecule has 0 aliphatic rings. The molecular weight excluding hydrogens is 348 g/mol. The lowest BCUT2D eigenvalue weighted by atomic mass is 10.2. The number of ether oxygens (including phenoxy) is 2. The van der Waals surface area contributed by atoms with Gasteiger partial charge in [-0.15, -0.1) is 11.3 Å². The van der Waals surface area contributed by atoms with Gasteiger partial charge in [0.1, 0.15) is 17.5 Å². The maximum absolute atomic E-state index is 12.2. The number of methoxy groups -OCH3 is 2. The quantitative estimate of drug-likeness (QED) is 0.747. The summed E-state index contributed by atoms with van der Waals surface area (Å²) in [6.45, 7) is 2.39. The Kier molecular flexibility index (Phi) is 6.75. The third-order valence-corrected chi connectivity index (χ3v) is 4.72. The molecule has 24 heavy (non-hydrogen) atoms. The number of hydrogen-bond acceptors (Lipinski definition) is 5. The Labute approximate surface area is 150 Å². The number of hydrogen-bond donors (Lipinski definition) is 2. The summed E-state index contributed by atoms with van der Waals surface area (Å²) in [4.78, 5) is 13.5. The summed E-state index contributed by atoms with van der Waals surface area (Å²) >= 11 is 7.83. The topological polar surface area (TPSA) is 59.6 Å². The molecule has 1 atom stereocenters. The Bertz CT molecular complexity index is 677. The normalized spacial score (nSPS) is 11.7. The van der Waals surface area contributed by atoms with Gasteiger partial charge in [-0.05, 0) is 30.9 Å². The molecule has 0 aliphatic carbocycles. The zero-order chi connectivity index (χ0) is 17.5. The summed E-state index contributed by atoms with van der Waals surface area (Å²) in [5.74, 6) is 1.00. The van der Waals surface area contributed by atoms with Gasteiger partial charge in [-0.25, -0.2) is 0 Å². The Morgan fingerprint density at radius 2 is 2.04 bits per heavy atom. The smallest absolute Gasteiger partial charge is 0.242 e. The van der Waals surface area contributed by atoms with E-state index in [1.807, 2.05) is 11.4 Å². The Morgan fingerprint density at radius 1 is 1.29 bits per heavy atom. The van der Waals surface area contributed by atoms with Gasteiger partial charge in [-0.2, -0.15) is 0 Å². The molecule has 7 heteroatoms. The van der Waals surface area contributed by atoms with Gasteiger partial charge in [-0.1, -0.05) is 17.7 Å². The highest BCUT2D eigenvalue weighted by molar-refractivity contribution is 7.09. The van der Waals surface area contributed by atoms with Gasteiger partial charge < -0.3 is 20.1 Å². The van der Waals surface area contributed by atoms with Crippen molar-refractivity contribution in [2.75, 3.05) is 26.1 Å². The molecule has 2 rings (SSSR count). The second-order valence-corrected chi connectivity index (χ2v) is 6.61. The third kappa shape index (κ3) is 4.79. The number of nitrogens with one attached hydrogen (secondary N) is 2. The van der Waals surface area contributed by atoms with E-state index in [9.17, 15) is 4.79 Å². The molecule has 130 valence electrons. The van der Waals surface area contributed by atoms with Crippen LogP contribution < -0.4 is 20.1 Å². The fraction of sp³-hybridized carbons (Fsp3) is 0.353. The van der Waals surface area contributed by atoms with Gasteiger partial charge in [0.05, 0.1) is 24.9 Å². The van der Waals surface area contributed by atoms with Crippen molar-refractivity contribution in [2.45, 2.75) is 19.4 Å². The van der Waals surface area contributed by atoms with Crippen molar-refractivity contribution in [1.29, 1.82) is 0 Å². The van der Waals surface area contributed by atoms with Crippen molar-refractivity contribution in [3.8, 4) is 11.5 Å². The monoisotopic (exact) mass is 368 g/mol. The van der Waals surface area contributed by atoms with Crippen LogP contribution in [0.1, 0.15) is 11.8 Å². The highest BCUT2D eigenvalue weighted by atomic mass is 35.5. The number of thiophene rings is 1. The number of halogens is 1. The molecule has 1 amide bonds. The fourth-order valence-corrected chi connectivity index (χ4v) is 3.14. The Morgan fingerprint density at radius 3 is 2.67 bits per heavy atom. The molecule has 1 aromatic heterocycles. The molecular formula is C17H21ClN2O3S. The van der Waals surface area contributed by atoms with Crippen molar-refractivity contribution in [3.05, 3.63) is 39.5 Å². The SMILES string of the molecule is COc1cc(OC)c(N[C@H](C)C(=O)NCCc2cccs2)cc1Cl. The summed E-state index contributed by atoms with van der Waals surface area (Å²) in [7, 11) is 3.09. The lowest BCUT2D eigenvalue weighted by molar-refractivity contribution is -0.121. The van der Waals surface area contributed by atoms with Gasteiger partial charge in [-0.3, -0.25) is 4.79 Å². The number of rotatable bonds is 8. The summed E-state index contributed by atoms with van der Waals surface area (Å²) in [6.07, 6.45) is 0.827. The Balaban J connectivity index is 1.94. The van der Waals surface area contributed by atoms with E-state index in [4.69, 9.17) is 21.1 Å². The maximum atomic E-state index is 12.2. The molecule has 2 N–H and O–H groups in total. The van der Waals surface area contributed by atoms with E-state index >= 15 is 0 Å². The molecule has 0 radical (unpaired) electrons. The maximum Gasteiger partial charge on any atom is 0.242 e. The zero-order valence-electron chi connectivity index (χ0n) is 13.9. The molecule has 0 aliphatic heterocycles. The highest BCUT2D eigenvalue weighted by Crippen LogP contribution is 2.36. The van der Waals surface area contributed by atoms with Gasteiger partial charge >= 0.3 is 0 Å². The standard InChI is InChI=1S/C17H21ClN2O3S/c1-11(17(21)19-7-6-12-5-4-8-24-12)20-14-9-13(18)15(22-2)10-16(14)23-3/h4-5,8-11,20H,6-7H2,1-3H3,(H,19,21)/t11-/m1/s1. The van der Waals surface area contributed by atoms with E-state index in [0.29, 0.717) is 28.8 Å². The minimum atomic E-state index is -0.424. The van der Waals surface area contributed by atoms with Gasteiger partial charge in [0.2, 0.25) is 5.91 Å². The van der Waals surface area contributed by atoms with Crippen LogP contribution in [0.5, 0.6) is 11.5 Å². The van der Waals surface area contributed by atoms with Crippen molar-refractivity contribution < 1.29 is 14.3 Å². The number of benzene rings is 1. The molecule has 0 saturated carbocycles. The number of amides is 1. The van der Waals surface area contributed by atoms with Crippen molar-refractivity contribution in [3.63, 3.8) is 0 Å². The van der Waals surface area contributed by atoms with E-state index in [2.05, 4.69) is 16.7 Å². The van der Waals surface area contributed by atoms with Crippen molar-refractivity contribution in [2.24, 2.45) is 0 Å². The van der Waals surface area contributed by atoms with Crippen molar-refractivity contribution >= 4 is 34.5 Å². The van der Waals surface area contributed by atoms with Crippen LogP contribution in [0.3, 0.4) is 0 Å². The minimum absolute atomic E-state index is 0.0828. The number of carbonyl (C=O) groups excluding carboxylic acids is 1. The molecule has 2 aromatic rings. The summed E-state index contributed by atoms with van der Waals surface area (Å²) in [5, 5.41) is 8.52. The van der Waals surface area contributed by atoms with Crippen LogP contribution >= 0.6 is 22.9 Å². The lowest BCUT2D eigenvalue weighted by Crippen LogP contribution is -2.38. The summed E-state index contributed by atoms with van der Waals surface area (Å²) in [6, 6.07) is 7.02. The molecule has 0 spiro atoms. The van der Waals surface area contributed by atoms with E-state index in [1.165, 1.54) is 12.0 Å². The lowest BCUT2D eigenvalue weighted by Gasteiger charge is -2.18. The fourth-order valence-electron chi connectivity index (χ4n) is 2.19. The second-order valence-electron chi connectivity index (χ2n) is 5.17. The van der Waals surface area contributed by atoms with Gasteiger partial charge in [0.15, 0.2) is 0 Å². The van der Waals surface area contributed by atoms with Crippen LogP contribution in [0, 0.1) is 0 Å². The van der Waals surface area contributed by atoms with Gasteiger partial charge in [0.25, 0.3) is 0 Å². The first-order valence-electron chi connectivity index (χ1n) is 7.53. The molecule has 0 bridgehead atoms. The molecule has 0 saturated heterocycles. The number of carbonyl (C=O) groups is 1. The molecule has 0 fully saturated rings. The van der Waals surface area contributed by atoms with Crippen molar-refractivity contribution in [1.82, 2.24) is 5.32 Å². The molecule has 0 unspecified atom stereocenters. The summed E-state index contributed by atoms with van der Waals surface area (Å²) < 4.78 is 10.5. The van der Waals surface area contributed by atoms with E-state index in [1.54, 1.807) is 37.5 Å². The molecule has 1 heterocycles. The first kappa shape index (κ1) is 18.4. The van der Waals surface area contributed by atoms with Crippen LogP contribution in [0.25, 0.3) is 0 Å². The molecule has 1 aromatic carbocycles. The first-order valence-corrected chi connectivity index (χ1v) is 8.79. The van der Waals surface area contributed by atoms with E-state index in [0.717, 1.165) is 6.42 Å². The minimum Gasteiger partial charge on any atom is -0.495 e. The highest BCUT2D eigenvalue weighted by Gasteiger charge is 2.16. The van der Waals surface area contributed by atoms with E-state index < -0.39 is 6.04 Å². The third-order valence-electron chi connectivity index (χ3n) is 3.49.